The molecule has 1 heteroatoms. The number of hydrogen-bond acceptors (Lipinski definition) is 0. The van der Waals surface area contributed by atoms with Crippen LogP contribution in [-0.4, -0.2) is 15.0 Å². The number of rotatable bonds is 10. The van der Waals surface area contributed by atoms with Crippen molar-refractivity contribution in [1.82, 2.24) is 0 Å². The fourth-order valence-electron chi connectivity index (χ4n) is 1.36. The Morgan fingerprint density at radius 2 is 1.08 bits per heavy atom. The van der Waals surface area contributed by atoms with Crippen molar-refractivity contribution in [2.45, 2.75) is 75.9 Å². The fraction of sp³-hybridized carbons (Fsp3) is 1.00. The van der Waals surface area contributed by atoms with Crippen molar-refractivity contribution in [2.24, 2.45) is 0 Å². The standard InChI is InChI=1S/C12H26Se/c1-3-5-7-9-11-13-12-10-8-6-4-2/h3-12H2,1-2H3. The minimum absolute atomic E-state index is 0.974. The average Bonchev–Trinajstić information content (AvgIpc) is 2.16. The molecule has 0 aliphatic rings. The van der Waals surface area contributed by atoms with Gasteiger partial charge < -0.3 is 0 Å². The van der Waals surface area contributed by atoms with Crippen LogP contribution in [0.2, 0.25) is 10.6 Å². The molecular weight excluding hydrogens is 223 g/mol. The molecule has 0 radical (unpaired) electrons. The Morgan fingerprint density at radius 3 is 1.46 bits per heavy atom. The first-order valence-corrected chi connectivity index (χ1v) is 8.41. The molecule has 0 aromatic heterocycles. The molecule has 0 fully saturated rings. The van der Waals surface area contributed by atoms with Crippen molar-refractivity contribution >= 4 is 15.0 Å². The van der Waals surface area contributed by atoms with E-state index in [0.717, 1.165) is 15.0 Å². The second-order valence-corrected chi connectivity index (χ2v) is 6.30. The molecule has 13 heavy (non-hydrogen) atoms. The Bertz CT molecular complexity index is 71.2. The topological polar surface area (TPSA) is 0 Å². The van der Waals surface area contributed by atoms with Crippen LogP contribution >= 0.6 is 0 Å². The van der Waals surface area contributed by atoms with Crippen LogP contribution in [0.15, 0.2) is 0 Å². The van der Waals surface area contributed by atoms with Gasteiger partial charge in [0.2, 0.25) is 0 Å². The van der Waals surface area contributed by atoms with Gasteiger partial charge >= 0.3 is 90.8 Å². The predicted molar refractivity (Wildman–Crippen MR) is 63.7 cm³/mol. The molecule has 0 N–H and O–H groups in total. The Balaban J connectivity index is 2.76. The summed E-state index contributed by atoms with van der Waals surface area (Å²) < 4.78 is 0. The van der Waals surface area contributed by atoms with Gasteiger partial charge in [-0.25, -0.2) is 0 Å². The van der Waals surface area contributed by atoms with Crippen LogP contribution in [0.25, 0.3) is 0 Å². The number of unbranched alkanes of at least 4 members (excludes halogenated alkanes) is 6. The second kappa shape index (κ2) is 12.5. The maximum absolute atomic E-state index is 2.29. The van der Waals surface area contributed by atoms with Gasteiger partial charge in [0.15, 0.2) is 0 Å². The summed E-state index contributed by atoms with van der Waals surface area (Å²) in [5.74, 6) is 0. The molecule has 0 rings (SSSR count). The Kier molecular flexibility index (Phi) is 13.0. The van der Waals surface area contributed by atoms with Gasteiger partial charge in [0, 0.05) is 0 Å². The summed E-state index contributed by atoms with van der Waals surface area (Å²) in [6.07, 6.45) is 11.6. The van der Waals surface area contributed by atoms with Gasteiger partial charge in [-0.2, -0.15) is 0 Å². The summed E-state index contributed by atoms with van der Waals surface area (Å²) in [7, 11) is 0. The fourth-order valence-corrected chi connectivity index (χ4v) is 3.51. The van der Waals surface area contributed by atoms with Crippen molar-refractivity contribution in [3.05, 3.63) is 0 Å². The molecule has 0 saturated heterocycles. The van der Waals surface area contributed by atoms with Gasteiger partial charge in [0.05, 0.1) is 0 Å². The molecule has 0 unspecified atom stereocenters. The van der Waals surface area contributed by atoms with Crippen molar-refractivity contribution in [3.63, 3.8) is 0 Å². The van der Waals surface area contributed by atoms with Crippen LogP contribution in [-0.2, 0) is 0 Å². The van der Waals surface area contributed by atoms with E-state index in [2.05, 4.69) is 13.8 Å². The van der Waals surface area contributed by atoms with Gasteiger partial charge in [0.1, 0.15) is 0 Å². The SMILES string of the molecule is CCCCCC[Se]CCCCCC. The van der Waals surface area contributed by atoms with Crippen molar-refractivity contribution < 1.29 is 0 Å². The maximum atomic E-state index is 2.29. The van der Waals surface area contributed by atoms with Gasteiger partial charge in [-0.1, -0.05) is 0 Å². The third-order valence-corrected chi connectivity index (χ3v) is 4.71. The van der Waals surface area contributed by atoms with Gasteiger partial charge in [-0.15, -0.1) is 0 Å². The van der Waals surface area contributed by atoms with E-state index in [9.17, 15) is 0 Å². The third kappa shape index (κ3) is 12.5. The normalized spacial score (nSPS) is 10.6. The van der Waals surface area contributed by atoms with Crippen molar-refractivity contribution in [2.75, 3.05) is 0 Å². The molecule has 0 aliphatic carbocycles. The van der Waals surface area contributed by atoms with Crippen LogP contribution < -0.4 is 0 Å². The first-order valence-electron chi connectivity index (χ1n) is 5.99. The van der Waals surface area contributed by atoms with E-state index in [-0.39, 0.29) is 0 Å². The van der Waals surface area contributed by atoms with E-state index in [0.29, 0.717) is 0 Å². The molecule has 0 aromatic carbocycles. The van der Waals surface area contributed by atoms with Crippen molar-refractivity contribution in [1.29, 1.82) is 0 Å². The monoisotopic (exact) mass is 250 g/mol. The summed E-state index contributed by atoms with van der Waals surface area (Å²) in [4.78, 5) is 0. The van der Waals surface area contributed by atoms with E-state index in [4.69, 9.17) is 0 Å². The molecule has 0 saturated carbocycles. The Morgan fingerprint density at radius 1 is 0.615 bits per heavy atom. The zero-order chi connectivity index (χ0) is 9.78. The molecule has 0 spiro atoms. The zero-order valence-electron chi connectivity index (χ0n) is 9.48. The van der Waals surface area contributed by atoms with Crippen LogP contribution in [0, 0.1) is 0 Å². The first kappa shape index (κ1) is 13.5. The molecule has 0 bridgehead atoms. The summed E-state index contributed by atoms with van der Waals surface area (Å²) >= 11 is 0.974. The van der Waals surface area contributed by atoms with Gasteiger partial charge in [-0.05, 0) is 0 Å². The predicted octanol–water partition coefficient (Wildman–Crippen LogP) is 4.69. The summed E-state index contributed by atoms with van der Waals surface area (Å²) in [6.45, 7) is 4.58. The molecule has 0 aromatic rings. The van der Waals surface area contributed by atoms with E-state index < -0.39 is 0 Å². The molecule has 80 valence electrons. The van der Waals surface area contributed by atoms with E-state index in [1.54, 1.807) is 10.6 Å². The summed E-state index contributed by atoms with van der Waals surface area (Å²) in [6, 6.07) is 0. The van der Waals surface area contributed by atoms with E-state index in [1.165, 1.54) is 51.4 Å². The van der Waals surface area contributed by atoms with Crippen LogP contribution in [0.5, 0.6) is 0 Å². The molecular formula is C12H26Se. The Hall–Kier alpha value is 0.519. The third-order valence-electron chi connectivity index (χ3n) is 2.28. The van der Waals surface area contributed by atoms with Crippen LogP contribution in [0.3, 0.4) is 0 Å². The van der Waals surface area contributed by atoms with Crippen molar-refractivity contribution in [3.8, 4) is 0 Å². The quantitative estimate of drug-likeness (QED) is 0.389. The van der Waals surface area contributed by atoms with Crippen LogP contribution in [0.1, 0.15) is 65.2 Å². The van der Waals surface area contributed by atoms with E-state index >= 15 is 0 Å². The summed E-state index contributed by atoms with van der Waals surface area (Å²) in [5.41, 5.74) is 0. The average molecular weight is 249 g/mol. The second-order valence-electron chi connectivity index (χ2n) is 3.73. The van der Waals surface area contributed by atoms with E-state index in [1.807, 2.05) is 0 Å². The molecule has 0 amide bonds. The zero-order valence-corrected chi connectivity index (χ0v) is 11.2. The molecule has 0 atom stereocenters. The molecule has 0 nitrogen and oxygen atoms in total. The summed E-state index contributed by atoms with van der Waals surface area (Å²) in [5, 5.41) is 3.08. The molecule has 0 heterocycles. The van der Waals surface area contributed by atoms with Crippen LogP contribution in [0.4, 0.5) is 0 Å². The van der Waals surface area contributed by atoms with Gasteiger partial charge in [-0.3, -0.25) is 0 Å². The van der Waals surface area contributed by atoms with Gasteiger partial charge in [0.25, 0.3) is 0 Å². The first-order chi connectivity index (χ1) is 6.41. The Labute approximate surface area is 91.0 Å². The molecule has 0 aliphatic heterocycles. The minimum atomic E-state index is 0.974. The number of hydrogen-bond donors (Lipinski definition) is 0.